The zero-order valence-corrected chi connectivity index (χ0v) is 15.7. The molecule has 1 atom stereocenters. The van der Waals surface area contributed by atoms with Crippen LogP contribution in [-0.4, -0.2) is 31.9 Å². The van der Waals surface area contributed by atoms with Gasteiger partial charge in [0.25, 0.3) is 5.91 Å². The first-order valence-electron chi connectivity index (χ1n) is 8.65. The van der Waals surface area contributed by atoms with E-state index in [9.17, 15) is 13.2 Å². The second-order valence-corrected chi connectivity index (χ2v) is 9.08. The van der Waals surface area contributed by atoms with Crippen LogP contribution in [0.2, 0.25) is 0 Å². The molecule has 140 valence electrons. The third-order valence-electron chi connectivity index (χ3n) is 4.38. The summed E-state index contributed by atoms with van der Waals surface area (Å²) in [7, 11) is -3.03. The average molecular weight is 377 g/mol. The van der Waals surface area contributed by atoms with Crippen molar-refractivity contribution in [3.63, 3.8) is 0 Å². The summed E-state index contributed by atoms with van der Waals surface area (Å²) < 4.78 is 34.1. The summed E-state index contributed by atoms with van der Waals surface area (Å²) in [5.74, 6) is 1.58. The van der Waals surface area contributed by atoms with Gasteiger partial charge >= 0.3 is 0 Å². The highest BCUT2D eigenvalue weighted by molar-refractivity contribution is 7.91. The molecule has 0 saturated carbocycles. The Morgan fingerprint density at radius 3 is 2.58 bits per heavy atom. The van der Waals surface area contributed by atoms with Crippen molar-refractivity contribution >= 4 is 15.7 Å². The normalized spacial score (nSPS) is 18.8. The Morgan fingerprint density at radius 1 is 1.23 bits per heavy atom. The number of benzene rings is 1. The summed E-state index contributed by atoms with van der Waals surface area (Å²) in [5.41, 5.74) is 1.24. The summed E-state index contributed by atoms with van der Waals surface area (Å²) in [6.45, 7) is 4.48. The average Bonchev–Trinajstić information content (AvgIpc) is 3.19. The fraction of sp³-hybridized carbons (Fsp3) is 0.421. The SMILES string of the molecule is CC(C)c1ccc(OCc2ccc(C(=O)NC3CCS(=O)(=O)C3)o2)cc1. The van der Waals surface area contributed by atoms with E-state index < -0.39 is 15.7 Å². The van der Waals surface area contributed by atoms with Crippen molar-refractivity contribution in [3.05, 3.63) is 53.5 Å². The van der Waals surface area contributed by atoms with Crippen LogP contribution in [0.1, 0.15) is 48.1 Å². The molecular formula is C19H23NO5S. The predicted molar refractivity (Wildman–Crippen MR) is 98.1 cm³/mol. The van der Waals surface area contributed by atoms with Gasteiger partial charge in [-0.3, -0.25) is 4.79 Å². The monoisotopic (exact) mass is 377 g/mol. The van der Waals surface area contributed by atoms with Crippen LogP contribution in [0.5, 0.6) is 5.75 Å². The number of carbonyl (C=O) groups is 1. The third-order valence-corrected chi connectivity index (χ3v) is 6.15. The number of sulfone groups is 1. The third kappa shape index (κ3) is 4.66. The quantitative estimate of drug-likeness (QED) is 0.837. The maximum atomic E-state index is 12.2. The Labute approximate surface area is 153 Å². The molecule has 1 saturated heterocycles. The van der Waals surface area contributed by atoms with Crippen molar-refractivity contribution in [2.75, 3.05) is 11.5 Å². The Hall–Kier alpha value is -2.28. The van der Waals surface area contributed by atoms with Gasteiger partial charge in [0.15, 0.2) is 15.6 Å². The van der Waals surface area contributed by atoms with E-state index in [4.69, 9.17) is 9.15 Å². The molecule has 2 heterocycles. The highest BCUT2D eigenvalue weighted by Crippen LogP contribution is 2.20. The van der Waals surface area contributed by atoms with Crippen molar-refractivity contribution in [2.45, 2.75) is 38.8 Å². The summed E-state index contributed by atoms with van der Waals surface area (Å²) in [4.78, 5) is 12.2. The summed E-state index contributed by atoms with van der Waals surface area (Å²) >= 11 is 0. The van der Waals surface area contributed by atoms with Gasteiger partial charge in [-0.05, 0) is 42.2 Å². The van der Waals surface area contributed by atoms with Crippen molar-refractivity contribution in [1.29, 1.82) is 0 Å². The van der Waals surface area contributed by atoms with Gasteiger partial charge < -0.3 is 14.5 Å². The molecule has 2 aromatic rings. The fourth-order valence-electron chi connectivity index (χ4n) is 2.85. The number of furan rings is 1. The van der Waals surface area contributed by atoms with Crippen molar-refractivity contribution in [3.8, 4) is 5.75 Å². The lowest BCUT2D eigenvalue weighted by Gasteiger charge is -2.09. The lowest BCUT2D eigenvalue weighted by molar-refractivity contribution is 0.0909. The molecule has 1 fully saturated rings. The second-order valence-electron chi connectivity index (χ2n) is 6.85. The number of nitrogens with one attached hydrogen (secondary N) is 1. The zero-order valence-electron chi connectivity index (χ0n) is 14.9. The van der Waals surface area contributed by atoms with Gasteiger partial charge in [-0.15, -0.1) is 0 Å². The van der Waals surface area contributed by atoms with Gasteiger partial charge in [-0.2, -0.15) is 0 Å². The number of carbonyl (C=O) groups excluding carboxylic acids is 1. The molecule has 0 aliphatic carbocycles. The molecule has 1 amide bonds. The van der Waals surface area contributed by atoms with Crippen LogP contribution in [-0.2, 0) is 16.4 Å². The van der Waals surface area contributed by atoms with Crippen LogP contribution in [0.25, 0.3) is 0 Å². The molecule has 3 rings (SSSR count). The van der Waals surface area contributed by atoms with E-state index in [1.54, 1.807) is 12.1 Å². The maximum Gasteiger partial charge on any atom is 0.287 e. The summed E-state index contributed by atoms with van der Waals surface area (Å²) in [6.07, 6.45) is 0.442. The molecule has 1 aliphatic rings. The number of hydrogen-bond donors (Lipinski definition) is 1. The molecular weight excluding hydrogens is 354 g/mol. The van der Waals surface area contributed by atoms with Crippen molar-refractivity contribution in [1.82, 2.24) is 5.32 Å². The van der Waals surface area contributed by atoms with E-state index >= 15 is 0 Å². The molecule has 1 aromatic carbocycles. The molecule has 1 unspecified atom stereocenters. The Kier molecular flexibility index (Phi) is 5.36. The minimum atomic E-state index is -3.03. The number of amides is 1. The largest absolute Gasteiger partial charge is 0.486 e. The van der Waals surface area contributed by atoms with Crippen LogP contribution in [0, 0.1) is 0 Å². The first-order chi connectivity index (χ1) is 12.3. The Balaban J connectivity index is 1.53. The van der Waals surface area contributed by atoms with E-state index in [0.717, 1.165) is 5.75 Å². The molecule has 1 N–H and O–H groups in total. The first kappa shape index (κ1) is 18.5. The molecule has 7 heteroatoms. The van der Waals surface area contributed by atoms with Gasteiger partial charge in [0.05, 0.1) is 11.5 Å². The Morgan fingerprint density at radius 2 is 1.96 bits per heavy atom. The molecule has 0 radical (unpaired) electrons. The van der Waals surface area contributed by atoms with Crippen LogP contribution in [0.15, 0.2) is 40.8 Å². The summed E-state index contributed by atoms with van der Waals surface area (Å²) in [5, 5.41) is 2.70. The van der Waals surface area contributed by atoms with Crippen LogP contribution in [0.3, 0.4) is 0 Å². The smallest absolute Gasteiger partial charge is 0.287 e. The zero-order chi connectivity index (χ0) is 18.7. The number of hydrogen-bond acceptors (Lipinski definition) is 5. The van der Waals surface area contributed by atoms with Crippen molar-refractivity contribution < 1.29 is 22.4 Å². The lowest BCUT2D eigenvalue weighted by Crippen LogP contribution is -2.35. The standard InChI is InChI=1S/C19H23NO5S/c1-13(2)14-3-5-16(6-4-14)24-11-17-7-8-18(25-17)19(21)20-15-9-10-26(22,23)12-15/h3-8,13,15H,9-12H2,1-2H3,(H,20,21). The fourth-order valence-corrected chi connectivity index (χ4v) is 4.52. The number of ether oxygens (including phenoxy) is 1. The minimum absolute atomic E-state index is 0.0121. The van der Waals surface area contributed by atoms with Gasteiger partial charge in [0.2, 0.25) is 0 Å². The molecule has 6 nitrogen and oxygen atoms in total. The van der Waals surface area contributed by atoms with E-state index in [1.807, 2.05) is 24.3 Å². The van der Waals surface area contributed by atoms with Gasteiger partial charge in [-0.25, -0.2) is 8.42 Å². The summed E-state index contributed by atoms with van der Waals surface area (Å²) in [6, 6.07) is 10.8. The van der Waals surface area contributed by atoms with Crippen LogP contribution < -0.4 is 10.1 Å². The second kappa shape index (κ2) is 7.53. The molecule has 0 spiro atoms. The van der Waals surface area contributed by atoms with Crippen LogP contribution >= 0.6 is 0 Å². The molecule has 0 bridgehead atoms. The lowest BCUT2D eigenvalue weighted by atomic mass is 10.0. The topological polar surface area (TPSA) is 85.6 Å². The number of rotatable bonds is 6. The van der Waals surface area contributed by atoms with Crippen molar-refractivity contribution in [2.24, 2.45) is 0 Å². The molecule has 1 aliphatic heterocycles. The van der Waals surface area contributed by atoms with E-state index in [-0.39, 0.29) is 29.9 Å². The van der Waals surface area contributed by atoms with E-state index in [1.165, 1.54) is 5.56 Å². The highest BCUT2D eigenvalue weighted by Gasteiger charge is 2.29. The van der Waals surface area contributed by atoms with Crippen LogP contribution in [0.4, 0.5) is 0 Å². The van der Waals surface area contributed by atoms with Gasteiger partial charge in [-0.1, -0.05) is 26.0 Å². The van der Waals surface area contributed by atoms with Gasteiger partial charge in [0.1, 0.15) is 18.1 Å². The predicted octanol–water partition coefficient (Wildman–Crippen LogP) is 2.90. The van der Waals surface area contributed by atoms with Gasteiger partial charge in [0, 0.05) is 6.04 Å². The molecule has 1 aromatic heterocycles. The molecule has 26 heavy (non-hydrogen) atoms. The minimum Gasteiger partial charge on any atom is -0.486 e. The maximum absolute atomic E-state index is 12.2. The first-order valence-corrected chi connectivity index (χ1v) is 10.5. The highest BCUT2D eigenvalue weighted by atomic mass is 32.2. The Bertz CT molecular complexity index is 868. The van der Waals surface area contributed by atoms with E-state index in [2.05, 4.69) is 19.2 Å². The van der Waals surface area contributed by atoms with E-state index in [0.29, 0.717) is 18.1 Å².